The Kier molecular flexibility index (Phi) is 4.75. The molecule has 4 N–H and O–H groups in total. The number of carbonyl (C=O) groups excluding carboxylic acids is 1. The number of nitrogens with zero attached hydrogens (tertiary/aromatic N) is 5. The third-order valence-corrected chi connectivity index (χ3v) is 4.93. The second kappa shape index (κ2) is 7.09. The van der Waals surface area contributed by atoms with Gasteiger partial charge in [-0.05, 0) is 6.42 Å². The Bertz CT molecular complexity index is 944. The third-order valence-electron chi connectivity index (χ3n) is 4.93. The predicted molar refractivity (Wildman–Crippen MR) is 98.5 cm³/mol. The number of anilines is 1. The van der Waals surface area contributed by atoms with Crippen LogP contribution in [0.3, 0.4) is 0 Å². The minimum atomic E-state index is -1.26. The second-order valence-electron chi connectivity index (χ2n) is 6.85. The van der Waals surface area contributed by atoms with E-state index in [1.165, 1.54) is 6.33 Å². The molecule has 0 radical (unpaired) electrons. The number of aromatic nitrogens is 3. The fourth-order valence-corrected chi connectivity index (χ4v) is 3.56. The molecule has 0 bridgehead atoms. The van der Waals surface area contributed by atoms with Crippen molar-refractivity contribution in [1.82, 2.24) is 19.9 Å². The van der Waals surface area contributed by atoms with Crippen LogP contribution in [0.4, 0.5) is 5.82 Å². The van der Waals surface area contributed by atoms with Crippen LogP contribution in [-0.4, -0.2) is 73.6 Å². The number of hydrogen-bond donors (Lipinski definition) is 4. The van der Waals surface area contributed by atoms with Gasteiger partial charge < -0.3 is 29.9 Å². The lowest BCUT2D eigenvalue weighted by Gasteiger charge is -2.20. The zero-order valence-corrected chi connectivity index (χ0v) is 15.5. The summed E-state index contributed by atoms with van der Waals surface area (Å²) >= 11 is 0. The summed E-state index contributed by atoms with van der Waals surface area (Å²) in [7, 11) is 1.71. The second-order valence-corrected chi connectivity index (χ2v) is 6.85. The Balaban J connectivity index is 1.80. The fraction of sp³-hybridized carbons (Fsp3) is 0.529. The third kappa shape index (κ3) is 2.83. The number of nitrogens with one attached hydrogen (secondary N) is 1. The highest BCUT2D eigenvalue weighted by atomic mass is 16.6. The lowest BCUT2D eigenvalue weighted by molar-refractivity contribution is -0.119. The van der Waals surface area contributed by atoms with Crippen LogP contribution in [0.5, 0.6) is 0 Å². The van der Waals surface area contributed by atoms with Crippen LogP contribution in [0, 0.1) is 0 Å². The van der Waals surface area contributed by atoms with Crippen LogP contribution < -0.4 is 10.3 Å². The lowest BCUT2D eigenvalue weighted by atomic mass is 10.1. The molecule has 4 atom stereocenters. The Morgan fingerprint density at radius 3 is 2.79 bits per heavy atom. The number of amides is 1. The molecule has 4 rings (SSSR count). The molecule has 150 valence electrons. The summed E-state index contributed by atoms with van der Waals surface area (Å²) in [6.45, 7) is 1.48. The molecule has 1 amide bonds. The lowest BCUT2D eigenvalue weighted by Crippen LogP contribution is -2.35. The molecule has 2 aliphatic rings. The van der Waals surface area contributed by atoms with Crippen molar-refractivity contribution >= 4 is 28.6 Å². The first-order valence-electron chi connectivity index (χ1n) is 9.06. The summed E-state index contributed by atoms with van der Waals surface area (Å²) < 4.78 is 7.21. The molecular formula is C17H22N6O5. The van der Waals surface area contributed by atoms with E-state index in [0.29, 0.717) is 41.1 Å². The van der Waals surface area contributed by atoms with Crippen LogP contribution in [0.1, 0.15) is 31.6 Å². The first-order valence-corrected chi connectivity index (χ1v) is 9.06. The number of aliphatic hydroxyl groups is 3. The van der Waals surface area contributed by atoms with Crippen molar-refractivity contribution in [3.8, 4) is 0 Å². The van der Waals surface area contributed by atoms with Crippen LogP contribution in [0.15, 0.2) is 17.6 Å². The number of amidine groups is 1. The topological polar surface area (TPSA) is 145 Å². The SMILES string of the molecule is CCCC(=O)NC1=NN(C)c2ncnc3c2c1cn3C1O[C@H](CO)[C@@H](O)[C@H]1O. The Morgan fingerprint density at radius 2 is 2.11 bits per heavy atom. The van der Waals surface area contributed by atoms with E-state index in [4.69, 9.17) is 4.74 Å². The number of ether oxygens (including phenoxy) is 1. The first kappa shape index (κ1) is 18.7. The van der Waals surface area contributed by atoms with Crippen molar-refractivity contribution in [2.45, 2.75) is 44.3 Å². The van der Waals surface area contributed by atoms with Gasteiger partial charge in [0.15, 0.2) is 17.9 Å². The number of carbonyl (C=O) groups is 1. The van der Waals surface area contributed by atoms with E-state index < -0.39 is 31.1 Å². The van der Waals surface area contributed by atoms with Gasteiger partial charge in [0, 0.05) is 19.7 Å². The van der Waals surface area contributed by atoms with E-state index in [2.05, 4.69) is 20.4 Å². The van der Waals surface area contributed by atoms with Gasteiger partial charge >= 0.3 is 0 Å². The van der Waals surface area contributed by atoms with E-state index in [0.717, 1.165) is 0 Å². The van der Waals surface area contributed by atoms with Crippen LogP contribution >= 0.6 is 0 Å². The minimum absolute atomic E-state index is 0.163. The first-order chi connectivity index (χ1) is 13.5. The van der Waals surface area contributed by atoms with Crippen molar-refractivity contribution in [3.63, 3.8) is 0 Å². The Labute approximate surface area is 160 Å². The standard InChI is InChI=1S/C17H22N6O5/c1-3-4-10(25)20-14-8-5-23(17-13(27)12(26)9(6-24)28-17)16-11(8)15(18-7-19-16)22(2)21-14/h5,7,9,12-13,17,24,26-27H,3-4,6H2,1-2H3,(H,20,21,25)/t9-,12-,13-,17?/m1/s1. The van der Waals surface area contributed by atoms with Crippen molar-refractivity contribution in [2.75, 3.05) is 18.7 Å². The number of aliphatic hydroxyl groups excluding tert-OH is 3. The van der Waals surface area contributed by atoms with Crippen LogP contribution in [0.25, 0.3) is 11.0 Å². The average molecular weight is 390 g/mol. The molecule has 11 heteroatoms. The monoisotopic (exact) mass is 390 g/mol. The summed E-state index contributed by atoms with van der Waals surface area (Å²) in [5.74, 6) is 0.724. The highest BCUT2D eigenvalue weighted by molar-refractivity contribution is 6.18. The van der Waals surface area contributed by atoms with Gasteiger partial charge in [0.05, 0.1) is 17.6 Å². The molecule has 4 heterocycles. The van der Waals surface area contributed by atoms with Gasteiger partial charge in [0.25, 0.3) is 0 Å². The van der Waals surface area contributed by atoms with Crippen molar-refractivity contribution in [2.24, 2.45) is 5.10 Å². The summed E-state index contributed by atoms with van der Waals surface area (Å²) in [6.07, 6.45) is -0.273. The molecule has 28 heavy (non-hydrogen) atoms. The Hall–Kier alpha value is -2.60. The zero-order valence-electron chi connectivity index (χ0n) is 15.5. The molecule has 2 aromatic heterocycles. The van der Waals surface area contributed by atoms with Crippen LogP contribution in [0.2, 0.25) is 0 Å². The van der Waals surface area contributed by atoms with E-state index in [-0.39, 0.29) is 5.91 Å². The molecular weight excluding hydrogens is 368 g/mol. The Morgan fingerprint density at radius 1 is 1.32 bits per heavy atom. The maximum atomic E-state index is 12.1. The van der Waals surface area contributed by atoms with E-state index in [1.54, 1.807) is 22.8 Å². The molecule has 0 saturated carbocycles. The summed E-state index contributed by atoms with van der Waals surface area (Å²) in [5, 5.41) is 39.3. The van der Waals surface area contributed by atoms with Gasteiger partial charge in [-0.1, -0.05) is 6.92 Å². The highest BCUT2D eigenvalue weighted by Crippen LogP contribution is 2.37. The molecule has 0 aromatic carbocycles. The van der Waals surface area contributed by atoms with Gasteiger partial charge in [0.2, 0.25) is 5.91 Å². The maximum absolute atomic E-state index is 12.1. The van der Waals surface area contributed by atoms with Gasteiger partial charge in [-0.2, -0.15) is 5.10 Å². The van der Waals surface area contributed by atoms with E-state index in [1.807, 2.05) is 6.92 Å². The highest BCUT2D eigenvalue weighted by Gasteiger charge is 2.44. The largest absolute Gasteiger partial charge is 0.394 e. The van der Waals surface area contributed by atoms with Crippen LogP contribution in [-0.2, 0) is 9.53 Å². The summed E-state index contributed by atoms with van der Waals surface area (Å²) in [6, 6.07) is 0. The number of hydrazone groups is 1. The van der Waals surface area contributed by atoms with Crippen molar-refractivity contribution in [3.05, 3.63) is 18.1 Å². The average Bonchev–Trinajstić information content (AvgIpc) is 3.19. The molecule has 0 aliphatic carbocycles. The van der Waals surface area contributed by atoms with Gasteiger partial charge in [-0.15, -0.1) is 0 Å². The summed E-state index contributed by atoms with van der Waals surface area (Å²) in [5.41, 5.74) is 1.05. The smallest absolute Gasteiger partial charge is 0.225 e. The molecule has 1 unspecified atom stereocenters. The molecule has 2 aliphatic heterocycles. The normalized spacial score (nSPS) is 26.6. The predicted octanol–water partition coefficient (Wildman–Crippen LogP) is -0.929. The quantitative estimate of drug-likeness (QED) is 0.524. The van der Waals surface area contributed by atoms with E-state index in [9.17, 15) is 20.1 Å². The minimum Gasteiger partial charge on any atom is -0.394 e. The zero-order chi connectivity index (χ0) is 20.0. The summed E-state index contributed by atoms with van der Waals surface area (Å²) in [4.78, 5) is 20.7. The number of hydrogen-bond acceptors (Lipinski definition) is 9. The van der Waals surface area contributed by atoms with Gasteiger partial charge in [-0.3, -0.25) is 4.79 Å². The maximum Gasteiger partial charge on any atom is 0.225 e. The van der Waals surface area contributed by atoms with Gasteiger partial charge in [0.1, 0.15) is 30.3 Å². The van der Waals surface area contributed by atoms with Gasteiger partial charge in [-0.25, -0.2) is 15.0 Å². The molecule has 1 saturated heterocycles. The van der Waals surface area contributed by atoms with Crippen molar-refractivity contribution in [1.29, 1.82) is 0 Å². The molecule has 2 aromatic rings. The molecule has 1 fully saturated rings. The molecule has 0 spiro atoms. The van der Waals surface area contributed by atoms with Crippen molar-refractivity contribution < 1.29 is 24.9 Å². The van der Waals surface area contributed by atoms with E-state index >= 15 is 0 Å². The number of rotatable bonds is 4. The molecule has 11 nitrogen and oxygen atoms in total. The fourth-order valence-electron chi connectivity index (χ4n) is 3.56.